The molecular weight excluding hydrogens is 758 g/mol. The van der Waals surface area contributed by atoms with Gasteiger partial charge in [0.05, 0.1) is 21.7 Å². The molecule has 4 atom stereocenters. The van der Waals surface area contributed by atoms with E-state index in [1.807, 2.05) is 30.3 Å². The Bertz CT molecular complexity index is 2140. The van der Waals surface area contributed by atoms with E-state index in [0.717, 1.165) is 94.2 Å². The number of anilines is 2. The summed E-state index contributed by atoms with van der Waals surface area (Å²) in [5.74, 6) is -0.566. The van der Waals surface area contributed by atoms with Crippen LogP contribution in [0.2, 0.25) is 5.02 Å². The molecule has 58 heavy (non-hydrogen) atoms. The zero-order valence-corrected chi connectivity index (χ0v) is 33.4. The molecule has 2 N–H and O–H groups in total. The molecule has 3 saturated heterocycles. The molecule has 14 heteroatoms. The lowest BCUT2D eigenvalue weighted by Gasteiger charge is -2.40. The fourth-order valence-corrected chi connectivity index (χ4v) is 9.40. The van der Waals surface area contributed by atoms with E-state index < -0.39 is 29.7 Å². The molecular formula is C44H48ClN7O6. The van der Waals surface area contributed by atoms with Gasteiger partial charge in [-0.05, 0) is 105 Å². The fraction of sp³-hybridized carbons (Fsp3) is 0.455. The van der Waals surface area contributed by atoms with Crippen LogP contribution in [0.15, 0.2) is 60.7 Å². The van der Waals surface area contributed by atoms with E-state index in [0.29, 0.717) is 38.9 Å². The second-order valence-corrected chi connectivity index (χ2v) is 16.7. The van der Waals surface area contributed by atoms with Gasteiger partial charge in [-0.3, -0.25) is 39.1 Å². The van der Waals surface area contributed by atoms with Gasteiger partial charge in [-0.25, -0.2) is 0 Å². The summed E-state index contributed by atoms with van der Waals surface area (Å²) in [6.45, 7) is 8.65. The number of carbonyl (C=O) groups excluding carboxylic acids is 5. The van der Waals surface area contributed by atoms with Gasteiger partial charge in [-0.15, -0.1) is 0 Å². The standard InChI is InChI=1S/C44H48ClN7O6/c1-27-22-31(5-12-39(27)58-34-9-4-30(25-46)37(45)24-34)47-41(54)29-2-6-32(7-3-29)51-20-18-49(19-21-51)26-28-14-16-50(17-15-28)33-8-10-35-36(23-33)44(57)52(43(35)56)38-11-13-40(53)48-42(38)55/h2-4,6-10,23-24,27-28,31,38-39H,5,11-22,26H2,1H3,(H,47,54)(H,48,53,55)/t27-,31-,38?,39-/m0/s1. The topological polar surface area (TPSA) is 155 Å². The van der Waals surface area contributed by atoms with E-state index in [2.05, 4.69) is 38.3 Å². The summed E-state index contributed by atoms with van der Waals surface area (Å²) in [6, 6.07) is 19.6. The molecule has 8 rings (SSSR count). The van der Waals surface area contributed by atoms with Crippen LogP contribution >= 0.6 is 11.6 Å². The SMILES string of the molecule is C[C@H]1C[C@@H](NC(=O)c2ccc(N3CCN(CC4CCN(c5ccc6c(c5)C(=O)N(C5CCC(=O)NC5=O)C6=O)CC4)CC3)cc2)CC[C@@H]1Oc1ccc(C#N)c(Cl)c1. The van der Waals surface area contributed by atoms with Crippen molar-refractivity contribution in [2.75, 3.05) is 55.6 Å². The smallest absolute Gasteiger partial charge is 0.262 e. The van der Waals surface area contributed by atoms with E-state index >= 15 is 0 Å². The van der Waals surface area contributed by atoms with Crippen molar-refractivity contribution in [2.45, 2.75) is 70.1 Å². The molecule has 0 radical (unpaired) electrons. The molecule has 1 aliphatic carbocycles. The van der Waals surface area contributed by atoms with Crippen molar-refractivity contribution in [3.8, 4) is 11.8 Å². The summed E-state index contributed by atoms with van der Waals surface area (Å²) in [5.41, 5.74) is 3.71. The number of piperidine rings is 2. The van der Waals surface area contributed by atoms with Crippen LogP contribution in [0.25, 0.3) is 0 Å². The molecule has 4 aliphatic heterocycles. The van der Waals surface area contributed by atoms with Gasteiger partial charge in [-0.2, -0.15) is 5.26 Å². The molecule has 0 aromatic heterocycles. The average molecular weight is 806 g/mol. The van der Waals surface area contributed by atoms with Crippen LogP contribution in [0.1, 0.15) is 88.5 Å². The molecule has 1 unspecified atom stereocenters. The first-order chi connectivity index (χ1) is 28.0. The third-order valence-electron chi connectivity index (χ3n) is 12.6. The highest BCUT2D eigenvalue weighted by molar-refractivity contribution is 6.31. The number of ether oxygens (including phenoxy) is 1. The monoisotopic (exact) mass is 805 g/mol. The average Bonchev–Trinajstić information content (AvgIpc) is 3.47. The summed E-state index contributed by atoms with van der Waals surface area (Å²) in [6.07, 6.45) is 4.75. The maximum atomic E-state index is 13.3. The van der Waals surface area contributed by atoms with E-state index in [1.54, 1.807) is 30.3 Å². The first-order valence-corrected chi connectivity index (χ1v) is 20.8. The van der Waals surface area contributed by atoms with Gasteiger partial charge in [0.25, 0.3) is 17.7 Å². The van der Waals surface area contributed by atoms with E-state index in [1.165, 1.54) is 0 Å². The Kier molecular flexibility index (Phi) is 11.4. The Labute approximate surface area is 343 Å². The highest BCUT2D eigenvalue weighted by Gasteiger charge is 2.45. The molecule has 0 spiro atoms. The number of benzene rings is 3. The van der Waals surface area contributed by atoms with Crippen molar-refractivity contribution in [2.24, 2.45) is 11.8 Å². The number of halogens is 1. The number of rotatable bonds is 9. The van der Waals surface area contributed by atoms with Crippen molar-refractivity contribution < 1.29 is 28.7 Å². The van der Waals surface area contributed by atoms with Crippen LogP contribution in [0.4, 0.5) is 11.4 Å². The van der Waals surface area contributed by atoms with Gasteiger partial charge < -0.3 is 19.9 Å². The van der Waals surface area contributed by atoms with Crippen molar-refractivity contribution in [3.05, 3.63) is 87.9 Å². The number of fused-ring (bicyclic) bond motifs is 1. The molecule has 1 saturated carbocycles. The summed E-state index contributed by atoms with van der Waals surface area (Å²) >= 11 is 6.19. The predicted octanol–water partition coefficient (Wildman–Crippen LogP) is 5.02. The van der Waals surface area contributed by atoms with E-state index in [9.17, 15) is 24.0 Å². The second-order valence-electron chi connectivity index (χ2n) is 16.3. The van der Waals surface area contributed by atoms with Gasteiger partial charge >= 0.3 is 0 Å². The molecule has 5 aliphatic rings. The number of nitrogens with one attached hydrogen (secondary N) is 2. The Morgan fingerprint density at radius 1 is 0.845 bits per heavy atom. The molecule has 302 valence electrons. The predicted molar refractivity (Wildman–Crippen MR) is 218 cm³/mol. The summed E-state index contributed by atoms with van der Waals surface area (Å²) in [7, 11) is 0. The number of carbonyl (C=O) groups is 5. The van der Waals surface area contributed by atoms with Gasteiger partial charge in [0.1, 0.15) is 24.0 Å². The van der Waals surface area contributed by atoms with Crippen LogP contribution in [-0.2, 0) is 9.59 Å². The summed E-state index contributed by atoms with van der Waals surface area (Å²) < 4.78 is 6.21. The Morgan fingerprint density at radius 2 is 1.55 bits per heavy atom. The molecule has 5 amide bonds. The summed E-state index contributed by atoms with van der Waals surface area (Å²) in [4.78, 5) is 71.9. The van der Waals surface area contributed by atoms with Crippen LogP contribution in [0, 0.1) is 23.2 Å². The Balaban J connectivity index is 0.760. The van der Waals surface area contributed by atoms with Crippen molar-refractivity contribution in [1.29, 1.82) is 5.26 Å². The molecule has 4 fully saturated rings. The fourth-order valence-electron chi connectivity index (χ4n) is 9.18. The van der Waals surface area contributed by atoms with E-state index in [4.69, 9.17) is 21.6 Å². The van der Waals surface area contributed by atoms with Crippen LogP contribution in [0.3, 0.4) is 0 Å². The normalized spacial score (nSPS) is 24.3. The van der Waals surface area contributed by atoms with E-state index in [-0.39, 0.29) is 36.8 Å². The first-order valence-electron chi connectivity index (χ1n) is 20.4. The Hall–Kier alpha value is -5.45. The van der Waals surface area contributed by atoms with Gasteiger partial charge in [-0.1, -0.05) is 18.5 Å². The van der Waals surface area contributed by atoms with Gasteiger partial charge in [0.2, 0.25) is 11.8 Å². The zero-order chi connectivity index (χ0) is 40.5. The summed E-state index contributed by atoms with van der Waals surface area (Å²) in [5, 5.41) is 15.0. The lowest BCUT2D eigenvalue weighted by Crippen LogP contribution is -2.54. The molecule has 4 heterocycles. The molecule has 3 aromatic carbocycles. The molecule has 3 aromatic rings. The maximum absolute atomic E-state index is 13.3. The third kappa shape index (κ3) is 8.26. The Morgan fingerprint density at radius 3 is 2.24 bits per heavy atom. The van der Waals surface area contributed by atoms with Crippen LogP contribution < -0.4 is 25.2 Å². The van der Waals surface area contributed by atoms with Crippen LogP contribution in [0.5, 0.6) is 5.75 Å². The number of hydrogen-bond donors (Lipinski definition) is 2. The molecule has 13 nitrogen and oxygen atoms in total. The quantitative estimate of drug-likeness (QED) is 0.282. The third-order valence-corrected chi connectivity index (χ3v) is 12.9. The first kappa shape index (κ1) is 39.4. The maximum Gasteiger partial charge on any atom is 0.262 e. The van der Waals surface area contributed by atoms with Crippen molar-refractivity contribution in [3.63, 3.8) is 0 Å². The van der Waals surface area contributed by atoms with Gasteiger partial charge in [0.15, 0.2) is 0 Å². The lowest BCUT2D eigenvalue weighted by atomic mass is 9.84. The minimum absolute atomic E-state index is 0.0131. The number of piperazine rings is 1. The molecule has 0 bridgehead atoms. The second kappa shape index (κ2) is 16.8. The number of hydrogen-bond acceptors (Lipinski definition) is 10. The zero-order valence-electron chi connectivity index (χ0n) is 32.6. The number of nitrogens with zero attached hydrogens (tertiary/aromatic N) is 5. The minimum atomic E-state index is -0.969. The van der Waals surface area contributed by atoms with Crippen LogP contribution in [-0.4, -0.2) is 103 Å². The lowest BCUT2D eigenvalue weighted by molar-refractivity contribution is -0.136. The number of nitriles is 1. The number of imide groups is 2. The minimum Gasteiger partial charge on any atom is -0.490 e. The number of amides is 5. The highest BCUT2D eigenvalue weighted by Crippen LogP contribution is 2.34. The van der Waals surface area contributed by atoms with Crippen molar-refractivity contribution >= 4 is 52.5 Å². The van der Waals surface area contributed by atoms with Crippen molar-refractivity contribution in [1.82, 2.24) is 20.4 Å². The van der Waals surface area contributed by atoms with Gasteiger partial charge in [0, 0.05) is 81.3 Å². The highest BCUT2D eigenvalue weighted by atomic mass is 35.5. The largest absolute Gasteiger partial charge is 0.490 e.